The fourth-order valence-corrected chi connectivity index (χ4v) is 5.36. The molecule has 0 saturated heterocycles. The van der Waals surface area contributed by atoms with Crippen LogP contribution in [0.2, 0.25) is 0 Å². The van der Waals surface area contributed by atoms with Crippen molar-refractivity contribution in [3.8, 4) is 0 Å². The number of nitrogens with two attached hydrogens (primary N) is 8. The zero-order valence-electron chi connectivity index (χ0n) is 35.8. The van der Waals surface area contributed by atoms with Crippen LogP contribution >= 0.6 is 0 Å². The van der Waals surface area contributed by atoms with Crippen LogP contribution in [-0.2, 0) is 43.2 Å². The number of aliphatic carboxylic acids is 2. The summed E-state index contributed by atoms with van der Waals surface area (Å²) >= 11 is 0. The van der Waals surface area contributed by atoms with E-state index < -0.39 is 109 Å². The number of rotatable bonds is 33. The number of aliphatic imine (C=N–C) groups is 3. The summed E-state index contributed by atoms with van der Waals surface area (Å²) < 4.78 is 0. The second-order valence-electron chi connectivity index (χ2n) is 14.2. The van der Waals surface area contributed by atoms with Gasteiger partial charge in [0.05, 0.1) is 25.6 Å². The lowest BCUT2D eigenvalue weighted by molar-refractivity contribution is -0.143. The number of hydrogen-bond acceptors (Lipinski definition) is 14. The molecule has 6 atom stereocenters. The van der Waals surface area contributed by atoms with Gasteiger partial charge in [0, 0.05) is 19.6 Å². The molecule has 0 aliphatic carbocycles. The van der Waals surface area contributed by atoms with Crippen molar-refractivity contribution in [2.45, 2.75) is 107 Å². The Morgan fingerprint density at radius 2 is 0.922 bits per heavy atom. The molecule has 362 valence electrons. The number of unbranched alkanes of at least 4 members (excludes halogenated alkanes) is 1. The standard InChI is InChI=1S/C35H66N18O11/c1-18(49-28(59)19(37)7-2-3-11-36)27(58)47-16-24(54)50-20(8-4-12-44-33(38)39)29(60)48-17-25(55)51-21(9-5-13-45-34(40)41)30(61)53-23(15-26(56)57)31(62)52-22(32(63)64)10-6-14-46-35(42)43/h18-23H,2-17,36-37H2,1H3,(H,47,58)(H,48,60)(H,49,59)(H,50,54)(H,51,55)(H,52,62)(H,53,61)(H,56,57)(H,63,64)(H4,38,39,44)(H4,40,41,45)(H4,42,43,46)/t18-,19-,20-,21-,22-,23-/m0/s1. The minimum Gasteiger partial charge on any atom is -0.481 e. The van der Waals surface area contributed by atoms with E-state index in [-0.39, 0.29) is 76.0 Å². The van der Waals surface area contributed by atoms with Crippen LogP contribution in [-0.4, -0.2) is 157 Å². The Morgan fingerprint density at radius 1 is 0.500 bits per heavy atom. The molecule has 29 heteroatoms. The molecular weight excluding hydrogens is 848 g/mol. The summed E-state index contributed by atoms with van der Waals surface area (Å²) in [6.45, 7) is 0.500. The first-order chi connectivity index (χ1) is 30.1. The van der Waals surface area contributed by atoms with Crippen LogP contribution in [0.15, 0.2) is 15.0 Å². The van der Waals surface area contributed by atoms with Crippen molar-refractivity contribution >= 4 is 71.2 Å². The third kappa shape index (κ3) is 27.0. The number of guanidine groups is 3. The molecule has 0 aromatic rings. The highest BCUT2D eigenvalue weighted by molar-refractivity contribution is 5.97. The molecule has 0 aliphatic heterocycles. The molecule has 7 amide bonds. The Hall–Kier alpha value is -7.04. The maximum atomic E-state index is 13.5. The Balaban J connectivity index is 5.87. The van der Waals surface area contributed by atoms with Crippen LogP contribution in [0.3, 0.4) is 0 Å². The number of carbonyl (C=O) groups is 9. The Kier molecular flexibility index (Phi) is 28.3. The van der Waals surface area contributed by atoms with Gasteiger partial charge in [-0.05, 0) is 64.8 Å². The molecule has 0 spiro atoms. The fourth-order valence-electron chi connectivity index (χ4n) is 5.36. The highest BCUT2D eigenvalue weighted by Crippen LogP contribution is 2.05. The number of hydrogen-bond donors (Lipinski definition) is 17. The van der Waals surface area contributed by atoms with Gasteiger partial charge in [0.15, 0.2) is 17.9 Å². The van der Waals surface area contributed by atoms with E-state index >= 15 is 0 Å². The van der Waals surface area contributed by atoms with E-state index in [1.165, 1.54) is 6.92 Å². The summed E-state index contributed by atoms with van der Waals surface area (Å²) in [5.41, 5.74) is 43.3. The molecule has 0 radical (unpaired) electrons. The monoisotopic (exact) mass is 915 g/mol. The Bertz CT molecular complexity index is 1670. The molecule has 29 nitrogen and oxygen atoms in total. The highest BCUT2D eigenvalue weighted by atomic mass is 16.4. The smallest absolute Gasteiger partial charge is 0.326 e. The van der Waals surface area contributed by atoms with Crippen LogP contribution in [0.5, 0.6) is 0 Å². The first-order valence-electron chi connectivity index (χ1n) is 20.2. The van der Waals surface area contributed by atoms with Crippen molar-refractivity contribution in [1.29, 1.82) is 0 Å². The van der Waals surface area contributed by atoms with Gasteiger partial charge < -0.3 is 93.3 Å². The second kappa shape index (κ2) is 31.8. The summed E-state index contributed by atoms with van der Waals surface area (Å²) in [7, 11) is 0. The van der Waals surface area contributed by atoms with Crippen molar-refractivity contribution in [3.63, 3.8) is 0 Å². The summed E-state index contributed by atoms with van der Waals surface area (Å²) in [6.07, 6.45) is 0.607. The molecule has 0 bridgehead atoms. The summed E-state index contributed by atoms with van der Waals surface area (Å²) in [5, 5.41) is 35.4. The highest BCUT2D eigenvalue weighted by Gasteiger charge is 2.31. The van der Waals surface area contributed by atoms with Crippen LogP contribution in [0, 0.1) is 0 Å². The van der Waals surface area contributed by atoms with Crippen LogP contribution in [0.1, 0.15) is 71.1 Å². The summed E-state index contributed by atoms with van der Waals surface area (Å²) in [6, 6.07) is -8.05. The quantitative estimate of drug-likeness (QED) is 0.0165. The maximum absolute atomic E-state index is 13.5. The Morgan fingerprint density at radius 3 is 1.36 bits per heavy atom. The zero-order chi connectivity index (χ0) is 48.8. The average molecular weight is 915 g/mol. The average Bonchev–Trinajstić information content (AvgIpc) is 3.21. The predicted molar refractivity (Wildman–Crippen MR) is 232 cm³/mol. The first kappa shape index (κ1) is 57.0. The number of carbonyl (C=O) groups excluding carboxylic acids is 7. The largest absolute Gasteiger partial charge is 0.481 e. The normalized spacial score (nSPS) is 13.4. The van der Waals surface area contributed by atoms with E-state index in [9.17, 15) is 53.4 Å². The van der Waals surface area contributed by atoms with Gasteiger partial charge in [-0.2, -0.15) is 0 Å². The fraction of sp³-hybridized carbons (Fsp3) is 0.657. The van der Waals surface area contributed by atoms with E-state index in [1.54, 1.807) is 0 Å². The maximum Gasteiger partial charge on any atom is 0.326 e. The second-order valence-corrected chi connectivity index (χ2v) is 14.2. The van der Waals surface area contributed by atoms with Crippen LogP contribution in [0.4, 0.5) is 0 Å². The number of carboxylic acid groups (broad SMARTS) is 2. The van der Waals surface area contributed by atoms with Gasteiger partial charge in [0.1, 0.15) is 30.2 Å². The van der Waals surface area contributed by atoms with Crippen molar-refractivity contribution < 1.29 is 53.4 Å². The molecular formula is C35H66N18O11. The SMILES string of the molecule is C[C@H](NC(=O)[C@@H](N)CCCCN)C(=O)NCC(=O)N[C@@H](CCCN=C(N)N)C(=O)NCC(=O)N[C@@H](CCCN=C(N)N)C(=O)N[C@@H](CC(=O)O)C(=O)N[C@@H](CCCN=C(N)N)C(=O)O. The molecule has 0 aromatic carbocycles. The van der Waals surface area contributed by atoms with E-state index in [0.717, 1.165) is 0 Å². The molecule has 0 rings (SSSR count). The molecule has 0 heterocycles. The minimum atomic E-state index is -1.81. The summed E-state index contributed by atoms with van der Waals surface area (Å²) in [5.74, 6) is -9.90. The van der Waals surface area contributed by atoms with Gasteiger partial charge >= 0.3 is 11.9 Å². The van der Waals surface area contributed by atoms with Crippen molar-refractivity contribution in [2.75, 3.05) is 39.3 Å². The van der Waals surface area contributed by atoms with Crippen LogP contribution in [0.25, 0.3) is 0 Å². The van der Waals surface area contributed by atoms with E-state index in [1.807, 2.05) is 0 Å². The molecule has 64 heavy (non-hydrogen) atoms. The number of amides is 7. The van der Waals surface area contributed by atoms with E-state index in [2.05, 4.69) is 52.2 Å². The molecule has 0 aliphatic rings. The molecule has 0 unspecified atom stereocenters. The lowest BCUT2D eigenvalue weighted by Gasteiger charge is -2.24. The number of nitrogens with zero attached hydrogens (tertiary/aromatic N) is 3. The zero-order valence-corrected chi connectivity index (χ0v) is 35.8. The third-order valence-corrected chi connectivity index (χ3v) is 8.67. The molecule has 0 saturated carbocycles. The van der Waals surface area contributed by atoms with Crippen LogP contribution < -0.4 is 83.1 Å². The van der Waals surface area contributed by atoms with Gasteiger partial charge in [0.25, 0.3) is 0 Å². The van der Waals surface area contributed by atoms with E-state index in [0.29, 0.717) is 25.8 Å². The summed E-state index contributed by atoms with van der Waals surface area (Å²) in [4.78, 5) is 126. The molecule has 25 N–H and O–H groups in total. The van der Waals surface area contributed by atoms with Crippen molar-refractivity contribution in [2.24, 2.45) is 60.8 Å². The third-order valence-electron chi connectivity index (χ3n) is 8.67. The predicted octanol–water partition coefficient (Wildman–Crippen LogP) is -8.16. The van der Waals surface area contributed by atoms with Crippen molar-refractivity contribution in [3.05, 3.63) is 0 Å². The lowest BCUT2D eigenvalue weighted by atomic mass is 10.1. The van der Waals surface area contributed by atoms with E-state index in [4.69, 9.17) is 45.9 Å². The first-order valence-corrected chi connectivity index (χ1v) is 20.2. The molecule has 0 fully saturated rings. The molecule has 0 aromatic heterocycles. The Labute approximate surface area is 368 Å². The van der Waals surface area contributed by atoms with Gasteiger partial charge in [-0.25, -0.2) is 4.79 Å². The van der Waals surface area contributed by atoms with Gasteiger partial charge in [-0.15, -0.1) is 0 Å². The lowest BCUT2D eigenvalue weighted by Crippen LogP contribution is -2.57. The van der Waals surface area contributed by atoms with Gasteiger partial charge in [-0.3, -0.25) is 53.3 Å². The van der Waals surface area contributed by atoms with Gasteiger partial charge in [-0.1, -0.05) is 6.42 Å². The minimum absolute atomic E-state index is 0.0169. The van der Waals surface area contributed by atoms with Gasteiger partial charge in [0.2, 0.25) is 41.4 Å². The number of nitrogens with one attached hydrogen (secondary N) is 7. The topological polar surface area (TPSA) is 524 Å². The van der Waals surface area contributed by atoms with Crippen molar-refractivity contribution in [1.82, 2.24) is 37.2 Å². The number of carboxylic acids is 2.